The number of benzene rings is 2. The van der Waals surface area contributed by atoms with Gasteiger partial charge >= 0.3 is 0 Å². The summed E-state index contributed by atoms with van der Waals surface area (Å²) >= 11 is 11.9. The third-order valence-corrected chi connectivity index (χ3v) is 4.01. The van der Waals surface area contributed by atoms with Gasteiger partial charge in [-0.2, -0.15) is 0 Å². The molecule has 3 rings (SSSR count). The minimum absolute atomic E-state index is 0.292. The Bertz CT molecular complexity index is 869. The third-order valence-electron chi connectivity index (χ3n) is 3.27. The quantitative estimate of drug-likeness (QED) is 0.658. The molecule has 1 heterocycles. The van der Waals surface area contributed by atoms with Gasteiger partial charge in [-0.3, -0.25) is 4.79 Å². The number of anilines is 3. The molecular formula is C18H13Cl2N3O. The maximum absolute atomic E-state index is 12.6. The second-order valence-corrected chi connectivity index (χ2v) is 5.79. The molecule has 0 aliphatic heterocycles. The van der Waals surface area contributed by atoms with Gasteiger partial charge in [-0.1, -0.05) is 41.4 Å². The molecule has 3 aromatic rings. The van der Waals surface area contributed by atoms with Crippen molar-refractivity contribution >= 4 is 46.3 Å². The molecule has 1 amide bonds. The normalized spacial score (nSPS) is 10.2. The number of halogens is 2. The van der Waals surface area contributed by atoms with Crippen LogP contribution in [0, 0.1) is 0 Å². The molecule has 4 nitrogen and oxygen atoms in total. The molecule has 120 valence electrons. The smallest absolute Gasteiger partial charge is 0.259 e. The lowest BCUT2D eigenvalue weighted by atomic mass is 10.2. The summed E-state index contributed by atoms with van der Waals surface area (Å²) in [4.78, 5) is 16.8. The van der Waals surface area contributed by atoms with Crippen LogP contribution in [0.25, 0.3) is 0 Å². The summed E-state index contributed by atoms with van der Waals surface area (Å²) in [6, 6.07) is 17.8. The summed E-state index contributed by atoms with van der Waals surface area (Å²) < 4.78 is 0. The molecule has 2 N–H and O–H groups in total. The standard InChI is InChI=1S/C18H13Cl2N3O/c19-15-9-8-13(11-16(15)20)23-18(24)14-7-4-10-21-17(14)22-12-5-2-1-3-6-12/h1-11H,(H,21,22)(H,23,24). The van der Waals surface area contributed by atoms with E-state index >= 15 is 0 Å². The Morgan fingerprint density at radius 1 is 0.875 bits per heavy atom. The molecular weight excluding hydrogens is 345 g/mol. The van der Waals surface area contributed by atoms with Gasteiger partial charge in [0.25, 0.3) is 5.91 Å². The highest BCUT2D eigenvalue weighted by atomic mass is 35.5. The van der Waals surface area contributed by atoms with E-state index in [0.29, 0.717) is 27.1 Å². The van der Waals surface area contributed by atoms with E-state index in [0.717, 1.165) is 5.69 Å². The van der Waals surface area contributed by atoms with Crippen molar-refractivity contribution in [3.63, 3.8) is 0 Å². The number of nitrogens with zero attached hydrogens (tertiary/aromatic N) is 1. The summed E-state index contributed by atoms with van der Waals surface area (Å²) in [5.74, 6) is 0.182. The number of aromatic nitrogens is 1. The fourth-order valence-corrected chi connectivity index (χ4v) is 2.42. The molecule has 24 heavy (non-hydrogen) atoms. The SMILES string of the molecule is O=C(Nc1ccc(Cl)c(Cl)c1)c1cccnc1Nc1ccccc1. The van der Waals surface area contributed by atoms with Crippen LogP contribution in [0.4, 0.5) is 17.2 Å². The topological polar surface area (TPSA) is 54.0 Å². The monoisotopic (exact) mass is 357 g/mol. The Labute approximate surface area is 149 Å². The van der Waals surface area contributed by atoms with Gasteiger partial charge in [0.05, 0.1) is 15.6 Å². The van der Waals surface area contributed by atoms with Crippen LogP contribution in [0.15, 0.2) is 66.9 Å². The Hall–Kier alpha value is -2.56. The van der Waals surface area contributed by atoms with Crippen LogP contribution >= 0.6 is 23.2 Å². The van der Waals surface area contributed by atoms with Crippen molar-refractivity contribution in [2.45, 2.75) is 0 Å². The van der Waals surface area contributed by atoms with Crippen molar-refractivity contribution in [1.29, 1.82) is 0 Å². The highest BCUT2D eigenvalue weighted by Gasteiger charge is 2.13. The van der Waals surface area contributed by atoms with Crippen LogP contribution < -0.4 is 10.6 Å². The zero-order chi connectivity index (χ0) is 16.9. The van der Waals surface area contributed by atoms with Gasteiger partial charge in [-0.15, -0.1) is 0 Å². The lowest BCUT2D eigenvalue weighted by Crippen LogP contribution is -2.14. The fraction of sp³-hybridized carbons (Fsp3) is 0. The maximum Gasteiger partial charge on any atom is 0.259 e. The first-order valence-corrected chi connectivity index (χ1v) is 7.92. The minimum Gasteiger partial charge on any atom is -0.340 e. The van der Waals surface area contributed by atoms with Crippen molar-refractivity contribution < 1.29 is 4.79 Å². The van der Waals surface area contributed by atoms with Gasteiger partial charge in [0.2, 0.25) is 0 Å². The molecule has 0 saturated heterocycles. The lowest BCUT2D eigenvalue weighted by molar-refractivity contribution is 0.102. The van der Waals surface area contributed by atoms with Crippen molar-refractivity contribution in [2.75, 3.05) is 10.6 Å². The molecule has 0 atom stereocenters. The van der Waals surface area contributed by atoms with Crippen molar-refractivity contribution in [1.82, 2.24) is 4.98 Å². The predicted molar refractivity (Wildman–Crippen MR) is 98.4 cm³/mol. The van der Waals surface area contributed by atoms with Crippen LogP contribution in [-0.4, -0.2) is 10.9 Å². The Balaban J connectivity index is 1.83. The molecule has 0 aliphatic rings. The Morgan fingerprint density at radius 2 is 1.67 bits per heavy atom. The number of carbonyl (C=O) groups excluding carboxylic acids is 1. The van der Waals surface area contributed by atoms with E-state index in [2.05, 4.69) is 15.6 Å². The van der Waals surface area contributed by atoms with Gasteiger partial charge in [-0.25, -0.2) is 4.98 Å². The van der Waals surface area contributed by atoms with E-state index in [1.165, 1.54) is 0 Å². The molecule has 0 bridgehead atoms. The van der Waals surface area contributed by atoms with E-state index in [4.69, 9.17) is 23.2 Å². The summed E-state index contributed by atoms with van der Waals surface area (Å²) in [6.45, 7) is 0. The van der Waals surface area contributed by atoms with E-state index in [1.54, 1.807) is 36.5 Å². The average Bonchev–Trinajstić information content (AvgIpc) is 2.59. The molecule has 0 fully saturated rings. The van der Waals surface area contributed by atoms with E-state index in [1.807, 2.05) is 30.3 Å². The molecule has 0 saturated carbocycles. The van der Waals surface area contributed by atoms with E-state index in [9.17, 15) is 4.79 Å². The molecule has 2 aromatic carbocycles. The summed E-state index contributed by atoms with van der Waals surface area (Å²) in [5.41, 5.74) is 1.83. The number of hydrogen-bond acceptors (Lipinski definition) is 3. The second-order valence-electron chi connectivity index (χ2n) is 4.97. The van der Waals surface area contributed by atoms with Gasteiger partial charge < -0.3 is 10.6 Å². The Kier molecular flexibility index (Phi) is 4.99. The minimum atomic E-state index is -0.292. The summed E-state index contributed by atoms with van der Waals surface area (Å²) in [6.07, 6.45) is 1.63. The molecule has 0 unspecified atom stereocenters. The highest BCUT2D eigenvalue weighted by molar-refractivity contribution is 6.42. The number of amides is 1. The molecule has 0 aliphatic carbocycles. The van der Waals surface area contributed by atoms with Crippen LogP contribution in [-0.2, 0) is 0 Å². The van der Waals surface area contributed by atoms with Gasteiger partial charge in [0.15, 0.2) is 0 Å². The fourth-order valence-electron chi connectivity index (χ4n) is 2.12. The lowest BCUT2D eigenvalue weighted by Gasteiger charge is -2.11. The maximum atomic E-state index is 12.6. The van der Waals surface area contributed by atoms with Crippen LogP contribution in [0.3, 0.4) is 0 Å². The molecule has 0 spiro atoms. The molecule has 6 heteroatoms. The van der Waals surface area contributed by atoms with Gasteiger partial charge in [-0.05, 0) is 42.5 Å². The van der Waals surface area contributed by atoms with E-state index < -0.39 is 0 Å². The summed E-state index contributed by atoms with van der Waals surface area (Å²) in [5, 5.41) is 6.74. The number of hydrogen-bond donors (Lipinski definition) is 2. The van der Waals surface area contributed by atoms with Crippen molar-refractivity contribution in [2.24, 2.45) is 0 Å². The zero-order valence-electron chi connectivity index (χ0n) is 12.5. The van der Waals surface area contributed by atoms with Gasteiger partial charge in [0.1, 0.15) is 5.82 Å². The third kappa shape index (κ3) is 3.85. The number of rotatable bonds is 4. The Morgan fingerprint density at radius 3 is 2.42 bits per heavy atom. The van der Waals surface area contributed by atoms with Crippen LogP contribution in [0.5, 0.6) is 0 Å². The predicted octanol–water partition coefficient (Wildman–Crippen LogP) is 5.38. The first-order valence-electron chi connectivity index (χ1n) is 7.17. The molecule has 1 aromatic heterocycles. The van der Waals surface area contributed by atoms with E-state index in [-0.39, 0.29) is 5.91 Å². The summed E-state index contributed by atoms with van der Waals surface area (Å²) in [7, 11) is 0. The number of nitrogens with one attached hydrogen (secondary N) is 2. The number of pyridine rings is 1. The number of para-hydroxylation sites is 1. The highest BCUT2D eigenvalue weighted by Crippen LogP contribution is 2.26. The molecule has 0 radical (unpaired) electrons. The van der Waals surface area contributed by atoms with Crippen LogP contribution in [0.1, 0.15) is 10.4 Å². The first kappa shape index (κ1) is 16.3. The van der Waals surface area contributed by atoms with Crippen molar-refractivity contribution in [3.8, 4) is 0 Å². The zero-order valence-corrected chi connectivity index (χ0v) is 14.0. The largest absolute Gasteiger partial charge is 0.340 e. The van der Waals surface area contributed by atoms with Crippen molar-refractivity contribution in [3.05, 3.63) is 82.5 Å². The van der Waals surface area contributed by atoms with Crippen LogP contribution in [0.2, 0.25) is 10.0 Å². The average molecular weight is 358 g/mol. The second kappa shape index (κ2) is 7.34. The van der Waals surface area contributed by atoms with Gasteiger partial charge in [0, 0.05) is 17.6 Å². The first-order chi connectivity index (χ1) is 11.6. The number of carbonyl (C=O) groups is 1.